The summed E-state index contributed by atoms with van der Waals surface area (Å²) in [5.41, 5.74) is 3.43. The van der Waals surface area contributed by atoms with Gasteiger partial charge in [0.2, 0.25) is 5.78 Å². The Morgan fingerprint density at radius 1 is 1.18 bits per heavy atom. The molecule has 4 aromatic rings. The first-order valence-corrected chi connectivity index (χ1v) is 12.6. The molecule has 0 saturated carbocycles. The van der Waals surface area contributed by atoms with Crippen molar-refractivity contribution in [1.29, 1.82) is 0 Å². The lowest BCUT2D eigenvalue weighted by Crippen LogP contribution is -2.33. The highest BCUT2D eigenvalue weighted by Crippen LogP contribution is 2.32. The molecule has 0 radical (unpaired) electrons. The van der Waals surface area contributed by atoms with Gasteiger partial charge in [-0.1, -0.05) is 12.1 Å². The number of aryl methyl sites for hydroxylation is 1. The second-order valence-electron chi connectivity index (χ2n) is 7.94. The molecule has 7 nitrogen and oxygen atoms in total. The zero-order chi connectivity index (χ0) is 23.7. The molecule has 0 amide bonds. The molecule has 1 aliphatic heterocycles. The fourth-order valence-corrected chi connectivity index (χ4v) is 5.39. The van der Waals surface area contributed by atoms with Crippen molar-refractivity contribution in [2.24, 2.45) is 0 Å². The number of carbonyl (C=O) groups is 2. The molecular formula is C25H22N2O5S2. The van der Waals surface area contributed by atoms with Crippen molar-refractivity contribution in [3.05, 3.63) is 75.2 Å². The maximum atomic E-state index is 12.9. The largest absolute Gasteiger partial charge is 0.486 e. The van der Waals surface area contributed by atoms with Gasteiger partial charge in [-0.15, -0.1) is 11.3 Å². The normalized spacial score (nSPS) is 14.7. The van der Waals surface area contributed by atoms with Gasteiger partial charge < -0.3 is 18.8 Å². The van der Waals surface area contributed by atoms with Gasteiger partial charge in [-0.25, -0.2) is 9.78 Å². The van der Waals surface area contributed by atoms with Crippen molar-refractivity contribution in [1.82, 2.24) is 9.55 Å². The fourth-order valence-electron chi connectivity index (χ4n) is 3.89. The van der Waals surface area contributed by atoms with Crippen LogP contribution in [0.5, 0.6) is 11.5 Å². The number of benzene rings is 1. The number of rotatable bonds is 7. The number of Topliss-reactive ketones (excluding diaryl/α,β-unsaturated/α-hetero) is 1. The van der Waals surface area contributed by atoms with Gasteiger partial charge >= 0.3 is 5.97 Å². The number of para-hydroxylation sites is 2. The predicted octanol–water partition coefficient (Wildman–Crippen LogP) is 5.17. The van der Waals surface area contributed by atoms with Crippen LogP contribution in [0.1, 0.15) is 32.2 Å². The van der Waals surface area contributed by atoms with E-state index in [1.54, 1.807) is 16.7 Å². The number of ketones is 1. The molecule has 1 aromatic carbocycles. The van der Waals surface area contributed by atoms with Crippen molar-refractivity contribution in [3.8, 4) is 22.1 Å². The summed E-state index contributed by atoms with van der Waals surface area (Å²) >= 11 is 2.94. The van der Waals surface area contributed by atoms with E-state index in [9.17, 15) is 9.59 Å². The van der Waals surface area contributed by atoms with E-state index in [-0.39, 0.29) is 24.2 Å². The molecule has 0 unspecified atom stereocenters. The summed E-state index contributed by atoms with van der Waals surface area (Å²) in [4.78, 5) is 29.6. The quantitative estimate of drug-likeness (QED) is 0.261. The summed E-state index contributed by atoms with van der Waals surface area (Å²) < 4.78 is 19.2. The van der Waals surface area contributed by atoms with E-state index in [4.69, 9.17) is 14.2 Å². The summed E-state index contributed by atoms with van der Waals surface area (Å²) in [5, 5.41) is 6.32. The Balaban J connectivity index is 1.22. The third-order valence-electron chi connectivity index (χ3n) is 5.64. The number of thiazole rings is 1. The Hall–Kier alpha value is -3.43. The average Bonchev–Trinajstić information content (AvgIpc) is 3.60. The monoisotopic (exact) mass is 494 g/mol. The molecule has 0 aliphatic carbocycles. The molecule has 0 spiro atoms. The first-order valence-electron chi connectivity index (χ1n) is 10.7. The number of hydrogen-bond donors (Lipinski definition) is 0. The van der Waals surface area contributed by atoms with Crippen LogP contribution in [0.15, 0.2) is 52.5 Å². The Morgan fingerprint density at radius 3 is 2.79 bits per heavy atom. The standard InChI is InChI=1S/C25H22N2O5S2/c1-15-9-19(16(2)27(15)10-18-11-30-22-5-3-4-6-23(22)32-18)21(28)12-31-25(29)20-14-34-24(26-20)17-7-8-33-13-17/h3-9,13-14,18H,10-12H2,1-2H3/t18-/m0/s1. The number of nitrogens with zero attached hydrogens (tertiary/aromatic N) is 2. The van der Waals surface area contributed by atoms with Gasteiger partial charge in [-0.05, 0) is 43.5 Å². The topological polar surface area (TPSA) is 79.7 Å². The van der Waals surface area contributed by atoms with E-state index in [0.717, 1.165) is 27.7 Å². The third kappa shape index (κ3) is 4.49. The fraction of sp³-hybridized carbons (Fsp3) is 0.240. The van der Waals surface area contributed by atoms with E-state index in [1.165, 1.54) is 11.3 Å². The zero-order valence-corrected chi connectivity index (χ0v) is 20.3. The molecule has 0 N–H and O–H groups in total. The van der Waals surface area contributed by atoms with E-state index in [2.05, 4.69) is 4.98 Å². The highest BCUT2D eigenvalue weighted by molar-refractivity contribution is 7.14. The maximum Gasteiger partial charge on any atom is 0.358 e. The van der Waals surface area contributed by atoms with Gasteiger partial charge in [0.25, 0.3) is 0 Å². The second kappa shape index (κ2) is 9.44. The van der Waals surface area contributed by atoms with E-state index in [0.29, 0.717) is 24.5 Å². The summed E-state index contributed by atoms with van der Waals surface area (Å²) in [5.74, 6) is 0.590. The maximum absolute atomic E-state index is 12.9. The number of aromatic nitrogens is 2. The van der Waals surface area contributed by atoms with Crippen LogP contribution in [0.2, 0.25) is 0 Å². The Bertz CT molecular complexity index is 1340. The number of ether oxygens (including phenoxy) is 3. The number of carbonyl (C=O) groups excluding carboxylic acids is 2. The van der Waals surface area contributed by atoms with Crippen LogP contribution < -0.4 is 9.47 Å². The van der Waals surface area contributed by atoms with Gasteiger partial charge in [0.05, 0.1) is 6.54 Å². The number of esters is 1. The van der Waals surface area contributed by atoms with Crippen LogP contribution in [0.4, 0.5) is 0 Å². The first-order chi connectivity index (χ1) is 16.5. The van der Waals surface area contributed by atoms with Crippen molar-refractivity contribution >= 4 is 34.4 Å². The van der Waals surface area contributed by atoms with E-state index >= 15 is 0 Å². The summed E-state index contributed by atoms with van der Waals surface area (Å²) in [6.45, 7) is 4.45. The Kier molecular flexibility index (Phi) is 6.21. The number of hydrogen-bond acceptors (Lipinski definition) is 8. The van der Waals surface area contributed by atoms with Gasteiger partial charge in [-0.2, -0.15) is 11.3 Å². The molecule has 34 heavy (non-hydrogen) atoms. The van der Waals surface area contributed by atoms with Gasteiger partial charge in [0.1, 0.15) is 11.6 Å². The van der Waals surface area contributed by atoms with Gasteiger partial charge in [-0.3, -0.25) is 4.79 Å². The minimum absolute atomic E-state index is 0.178. The van der Waals surface area contributed by atoms with Crippen LogP contribution >= 0.6 is 22.7 Å². The molecule has 0 fully saturated rings. The highest BCUT2D eigenvalue weighted by atomic mass is 32.1. The molecule has 1 aliphatic rings. The molecule has 4 heterocycles. The molecule has 1 atom stereocenters. The summed E-state index contributed by atoms with van der Waals surface area (Å²) in [7, 11) is 0. The minimum Gasteiger partial charge on any atom is -0.486 e. The second-order valence-corrected chi connectivity index (χ2v) is 9.58. The van der Waals surface area contributed by atoms with Crippen LogP contribution in [-0.2, 0) is 11.3 Å². The minimum atomic E-state index is -0.605. The van der Waals surface area contributed by atoms with E-state index < -0.39 is 5.97 Å². The lowest BCUT2D eigenvalue weighted by molar-refractivity contribution is 0.0469. The van der Waals surface area contributed by atoms with Crippen molar-refractivity contribution < 1.29 is 23.8 Å². The van der Waals surface area contributed by atoms with Crippen LogP contribution in [0.25, 0.3) is 10.6 Å². The Labute approximate surface area is 204 Å². The lowest BCUT2D eigenvalue weighted by Gasteiger charge is -2.27. The molecule has 0 saturated heterocycles. The summed E-state index contributed by atoms with van der Waals surface area (Å²) in [6.07, 6.45) is -0.178. The van der Waals surface area contributed by atoms with E-state index in [1.807, 2.05) is 65.6 Å². The molecule has 174 valence electrons. The van der Waals surface area contributed by atoms with Crippen molar-refractivity contribution in [2.75, 3.05) is 13.2 Å². The Morgan fingerprint density at radius 2 is 2.00 bits per heavy atom. The van der Waals surface area contributed by atoms with Crippen molar-refractivity contribution in [2.45, 2.75) is 26.5 Å². The molecule has 5 rings (SSSR count). The van der Waals surface area contributed by atoms with Gasteiger partial charge in [0.15, 0.2) is 29.9 Å². The highest BCUT2D eigenvalue weighted by Gasteiger charge is 2.24. The van der Waals surface area contributed by atoms with Crippen molar-refractivity contribution in [3.63, 3.8) is 0 Å². The first kappa shape index (κ1) is 22.4. The molecule has 3 aromatic heterocycles. The molecule has 0 bridgehead atoms. The predicted molar refractivity (Wildman–Crippen MR) is 130 cm³/mol. The summed E-state index contributed by atoms with van der Waals surface area (Å²) in [6, 6.07) is 11.3. The smallest absolute Gasteiger partial charge is 0.358 e. The number of thiophene rings is 1. The molecular weight excluding hydrogens is 472 g/mol. The third-order valence-corrected chi connectivity index (χ3v) is 7.22. The zero-order valence-electron chi connectivity index (χ0n) is 18.6. The lowest BCUT2D eigenvalue weighted by atomic mass is 10.1. The average molecular weight is 495 g/mol. The SMILES string of the molecule is Cc1cc(C(=O)COC(=O)c2csc(-c3ccsc3)n2)c(C)n1C[C@H]1COc2ccccc2O1. The molecule has 9 heteroatoms. The number of fused-ring (bicyclic) bond motifs is 1. The van der Waals surface area contributed by atoms with Crippen LogP contribution in [0, 0.1) is 13.8 Å². The van der Waals surface area contributed by atoms with Crippen LogP contribution in [0.3, 0.4) is 0 Å². The van der Waals surface area contributed by atoms with Gasteiger partial charge in [0, 0.05) is 33.3 Å². The van der Waals surface area contributed by atoms with Crippen LogP contribution in [-0.4, -0.2) is 40.6 Å².